The van der Waals surface area contributed by atoms with E-state index in [9.17, 15) is 37.6 Å². The number of allylic oxidation sites excluding steroid dienone is 1. The molecule has 1 aliphatic carbocycles. The maximum atomic E-state index is 12.4. The second-order valence-corrected chi connectivity index (χ2v) is 7.31. The summed E-state index contributed by atoms with van der Waals surface area (Å²) in [5, 5.41) is 19.3. The van der Waals surface area contributed by atoms with Gasteiger partial charge in [-0.3, -0.25) is 23.8 Å². The number of fused-ring (bicyclic) bond motifs is 1. The summed E-state index contributed by atoms with van der Waals surface area (Å²) in [6, 6.07) is 6.04. The highest BCUT2D eigenvalue weighted by Gasteiger charge is 2.39. The molecule has 0 aromatic heterocycles. The van der Waals surface area contributed by atoms with Crippen molar-refractivity contribution in [3.63, 3.8) is 0 Å². The number of aliphatic hydroxyl groups is 1. The fourth-order valence-corrected chi connectivity index (χ4v) is 3.58. The highest BCUT2D eigenvalue weighted by Crippen LogP contribution is 2.32. The Labute approximate surface area is 147 Å². The number of benzene rings is 1. The Hall–Kier alpha value is -2.98. The number of carbonyl (C=O) groups excluding carboxylic acids is 2. The number of amides is 2. The number of imide groups is 1. The first-order valence-electron chi connectivity index (χ1n) is 7.39. The molecule has 9 nitrogen and oxygen atoms in total. The molecule has 3 N–H and O–H groups in total. The number of carboxylic acid groups (broad SMARTS) is 1. The average molecular weight is 379 g/mol. The molecule has 1 heterocycles. The molecule has 0 saturated carbocycles. The molecule has 0 spiro atoms. The smallest absolute Gasteiger partial charge is 0.314 e. The van der Waals surface area contributed by atoms with Gasteiger partial charge < -0.3 is 10.2 Å². The lowest BCUT2D eigenvalue weighted by Gasteiger charge is -2.23. The molecule has 136 valence electrons. The topological polar surface area (TPSA) is 149 Å². The minimum absolute atomic E-state index is 0.155. The summed E-state index contributed by atoms with van der Waals surface area (Å²) in [5.41, 5.74) is 0.0649. The van der Waals surface area contributed by atoms with E-state index in [1.165, 1.54) is 12.1 Å². The summed E-state index contributed by atoms with van der Waals surface area (Å²) >= 11 is 0. The molecule has 10 heteroatoms. The van der Waals surface area contributed by atoms with Gasteiger partial charge in [0.25, 0.3) is 21.9 Å². The first kappa shape index (κ1) is 17.8. The van der Waals surface area contributed by atoms with Crippen LogP contribution in [-0.4, -0.2) is 52.4 Å². The van der Waals surface area contributed by atoms with Crippen LogP contribution in [0.1, 0.15) is 27.1 Å². The molecule has 1 aromatic carbocycles. The number of nitrogens with zero attached hydrogens (tertiary/aromatic N) is 1. The van der Waals surface area contributed by atoms with Crippen LogP contribution in [0.2, 0.25) is 0 Å². The molecule has 0 radical (unpaired) electrons. The van der Waals surface area contributed by atoms with Crippen molar-refractivity contribution >= 4 is 27.9 Å². The Morgan fingerprint density at radius 3 is 2.15 bits per heavy atom. The number of aliphatic carboxylic acids is 1. The SMILES string of the molecule is O=C(O)[C@@H]1CC(S(=O)(=O)O)=CC(CN2C(=O)c3ccccc3C2=O)=C1O. The van der Waals surface area contributed by atoms with Crippen LogP contribution in [0.3, 0.4) is 0 Å². The average Bonchev–Trinajstić information content (AvgIpc) is 2.80. The van der Waals surface area contributed by atoms with E-state index in [2.05, 4.69) is 0 Å². The van der Waals surface area contributed by atoms with Crippen molar-refractivity contribution in [3.05, 3.63) is 57.7 Å². The number of rotatable bonds is 4. The fourth-order valence-electron chi connectivity index (χ4n) is 2.91. The monoisotopic (exact) mass is 379 g/mol. The minimum Gasteiger partial charge on any atom is -0.511 e. The molecule has 1 aromatic rings. The molecule has 1 aliphatic heterocycles. The Morgan fingerprint density at radius 2 is 1.69 bits per heavy atom. The summed E-state index contributed by atoms with van der Waals surface area (Å²) in [6.45, 7) is -0.527. The van der Waals surface area contributed by atoms with Crippen molar-refractivity contribution in [1.29, 1.82) is 0 Å². The predicted octanol–water partition coefficient (Wildman–Crippen LogP) is 0.971. The second kappa shape index (κ2) is 6.07. The number of carbonyl (C=O) groups is 3. The summed E-state index contributed by atoms with van der Waals surface area (Å²) in [4.78, 5) is 36.2. The quantitative estimate of drug-likeness (QED) is 0.517. The van der Waals surface area contributed by atoms with Crippen molar-refractivity contribution < 1.29 is 37.6 Å². The molecule has 26 heavy (non-hydrogen) atoms. The summed E-state index contributed by atoms with van der Waals surface area (Å²) < 4.78 is 32.0. The minimum atomic E-state index is -4.70. The maximum absolute atomic E-state index is 12.4. The van der Waals surface area contributed by atoms with Gasteiger partial charge in [0.2, 0.25) is 0 Å². The Kier molecular flexibility index (Phi) is 4.17. The first-order chi connectivity index (χ1) is 12.1. The molecule has 0 unspecified atom stereocenters. The van der Waals surface area contributed by atoms with E-state index in [1.54, 1.807) is 12.1 Å². The van der Waals surface area contributed by atoms with E-state index < -0.39 is 57.4 Å². The first-order valence-corrected chi connectivity index (χ1v) is 8.83. The molecule has 0 bridgehead atoms. The third kappa shape index (κ3) is 2.89. The van der Waals surface area contributed by atoms with Crippen LogP contribution in [0.5, 0.6) is 0 Å². The van der Waals surface area contributed by atoms with Crippen molar-refractivity contribution in [2.24, 2.45) is 5.92 Å². The van der Waals surface area contributed by atoms with Crippen LogP contribution >= 0.6 is 0 Å². The highest BCUT2D eigenvalue weighted by atomic mass is 32.2. The number of hydrogen-bond donors (Lipinski definition) is 3. The van der Waals surface area contributed by atoms with E-state index >= 15 is 0 Å². The van der Waals surface area contributed by atoms with Gasteiger partial charge in [0.1, 0.15) is 11.7 Å². The molecule has 3 rings (SSSR count). The second-order valence-electron chi connectivity index (χ2n) is 5.83. The summed E-state index contributed by atoms with van der Waals surface area (Å²) in [6.07, 6.45) is 0.249. The van der Waals surface area contributed by atoms with E-state index in [0.717, 1.165) is 11.0 Å². The third-order valence-corrected chi connectivity index (χ3v) is 5.18. The normalized spacial score (nSPS) is 20.3. The lowest BCUT2D eigenvalue weighted by molar-refractivity contribution is -0.141. The third-order valence-electron chi connectivity index (χ3n) is 4.24. The van der Waals surface area contributed by atoms with Crippen molar-refractivity contribution in [3.8, 4) is 0 Å². The van der Waals surface area contributed by atoms with E-state index in [4.69, 9.17) is 0 Å². The van der Waals surface area contributed by atoms with Crippen LogP contribution in [-0.2, 0) is 14.9 Å². The lowest BCUT2D eigenvalue weighted by Crippen LogP contribution is -2.34. The van der Waals surface area contributed by atoms with Crippen LogP contribution in [0.25, 0.3) is 0 Å². The van der Waals surface area contributed by atoms with Gasteiger partial charge in [0.05, 0.1) is 22.6 Å². The van der Waals surface area contributed by atoms with Gasteiger partial charge in [-0.15, -0.1) is 0 Å². The van der Waals surface area contributed by atoms with Crippen LogP contribution in [0.4, 0.5) is 0 Å². The van der Waals surface area contributed by atoms with Gasteiger partial charge in [-0.25, -0.2) is 0 Å². The molecule has 0 fully saturated rings. The van der Waals surface area contributed by atoms with E-state index in [1.807, 2.05) is 0 Å². The molecule has 1 atom stereocenters. The van der Waals surface area contributed by atoms with Gasteiger partial charge in [0, 0.05) is 12.0 Å². The zero-order valence-corrected chi connectivity index (χ0v) is 13.9. The Bertz CT molecular complexity index is 970. The van der Waals surface area contributed by atoms with E-state index in [0.29, 0.717) is 0 Å². The fraction of sp³-hybridized carbons (Fsp3) is 0.188. The Morgan fingerprint density at radius 1 is 1.15 bits per heavy atom. The zero-order chi connectivity index (χ0) is 19.2. The summed E-state index contributed by atoms with van der Waals surface area (Å²) in [5.74, 6) is -5.07. The largest absolute Gasteiger partial charge is 0.511 e. The Balaban J connectivity index is 2.01. The number of hydrogen-bond acceptors (Lipinski definition) is 6. The van der Waals surface area contributed by atoms with Gasteiger partial charge in [-0.1, -0.05) is 12.1 Å². The standard InChI is InChI=1S/C16H13NO8S/c18-13-8(5-9(26(23,24)25)6-12(13)16(21)22)7-17-14(19)10-3-1-2-4-11(10)15(17)20/h1-5,12,18H,6-7H2,(H,21,22)(H,23,24,25)/t12-/m1/s1. The zero-order valence-electron chi connectivity index (χ0n) is 13.1. The summed E-state index contributed by atoms with van der Waals surface area (Å²) in [7, 11) is -4.70. The van der Waals surface area contributed by atoms with Crippen LogP contribution in [0, 0.1) is 5.92 Å². The lowest BCUT2D eigenvalue weighted by atomic mass is 9.93. The molecular formula is C16H13NO8S. The van der Waals surface area contributed by atoms with Crippen molar-refractivity contribution in [2.45, 2.75) is 6.42 Å². The molecular weight excluding hydrogens is 366 g/mol. The van der Waals surface area contributed by atoms with E-state index in [-0.39, 0.29) is 16.7 Å². The number of carboxylic acids is 1. The van der Waals surface area contributed by atoms with Gasteiger partial charge in [-0.2, -0.15) is 8.42 Å². The molecule has 2 amide bonds. The molecule has 0 saturated heterocycles. The van der Waals surface area contributed by atoms with Crippen LogP contribution < -0.4 is 0 Å². The highest BCUT2D eigenvalue weighted by molar-refractivity contribution is 7.89. The predicted molar refractivity (Wildman–Crippen MR) is 86.8 cm³/mol. The van der Waals surface area contributed by atoms with Crippen molar-refractivity contribution in [2.75, 3.05) is 6.54 Å². The number of aliphatic hydroxyl groups excluding tert-OH is 1. The van der Waals surface area contributed by atoms with Crippen molar-refractivity contribution in [1.82, 2.24) is 4.90 Å². The van der Waals surface area contributed by atoms with Crippen LogP contribution in [0.15, 0.2) is 46.6 Å². The molecule has 2 aliphatic rings. The maximum Gasteiger partial charge on any atom is 0.314 e. The van der Waals surface area contributed by atoms with Gasteiger partial charge >= 0.3 is 5.97 Å². The van der Waals surface area contributed by atoms with Gasteiger partial charge in [-0.05, 0) is 18.2 Å². The van der Waals surface area contributed by atoms with Gasteiger partial charge in [0.15, 0.2) is 0 Å².